The monoisotopic (exact) mass is 327 g/mol. The topological polar surface area (TPSA) is 50.7 Å². The van der Waals surface area contributed by atoms with Gasteiger partial charge in [-0.05, 0) is 19.1 Å². The van der Waals surface area contributed by atoms with Gasteiger partial charge in [-0.25, -0.2) is 9.98 Å². The molecule has 3 nitrogen and oxygen atoms in total. The van der Waals surface area contributed by atoms with Crippen LogP contribution in [0.5, 0.6) is 0 Å². The van der Waals surface area contributed by atoms with E-state index < -0.39 is 5.66 Å². The number of rotatable bonds is 2. The van der Waals surface area contributed by atoms with E-state index in [4.69, 9.17) is 10.7 Å². The fourth-order valence-electron chi connectivity index (χ4n) is 2.38. The second kappa shape index (κ2) is 4.87. The van der Waals surface area contributed by atoms with E-state index in [9.17, 15) is 0 Å². The molecule has 0 unspecified atom stereocenters. The molecular formula is C16H14BrN3. The van der Waals surface area contributed by atoms with Crippen LogP contribution in [0.4, 0.5) is 0 Å². The van der Waals surface area contributed by atoms with Crippen LogP contribution >= 0.6 is 15.9 Å². The lowest BCUT2D eigenvalue weighted by atomic mass is 9.92. The Kier molecular flexibility index (Phi) is 3.18. The highest BCUT2D eigenvalue weighted by atomic mass is 79.9. The van der Waals surface area contributed by atoms with E-state index in [1.807, 2.05) is 61.5 Å². The number of halogens is 1. The van der Waals surface area contributed by atoms with E-state index in [1.165, 1.54) is 0 Å². The molecule has 4 heteroatoms. The Balaban J connectivity index is 2.26. The Morgan fingerprint density at radius 3 is 2.25 bits per heavy atom. The number of hydrogen-bond acceptors (Lipinski definition) is 3. The smallest absolute Gasteiger partial charge is 0.204 e. The van der Waals surface area contributed by atoms with Gasteiger partial charge >= 0.3 is 0 Å². The number of aliphatic imine (C=N–C) groups is 2. The quantitative estimate of drug-likeness (QED) is 0.901. The van der Waals surface area contributed by atoms with Crippen LogP contribution in [0, 0.1) is 0 Å². The Labute approximate surface area is 126 Å². The Hall–Kier alpha value is -1.94. The normalized spacial score (nSPS) is 21.5. The summed E-state index contributed by atoms with van der Waals surface area (Å²) < 4.78 is 0.999. The third-order valence-corrected chi connectivity index (χ3v) is 3.88. The number of hydrogen-bond donors (Lipinski definition) is 1. The maximum absolute atomic E-state index is 5.97. The van der Waals surface area contributed by atoms with Crippen LogP contribution in [0.1, 0.15) is 18.1 Å². The van der Waals surface area contributed by atoms with E-state index in [-0.39, 0.29) is 0 Å². The average molecular weight is 328 g/mol. The molecule has 1 heterocycles. The van der Waals surface area contributed by atoms with Crippen molar-refractivity contribution in [3.05, 3.63) is 70.2 Å². The average Bonchev–Trinajstić information content (AvgIpc) is 2.77. The van der Waals surface area contributed by atoms with Crippen LogP contribution in [0.2, 0.25) is 0 Å². The first-order chi connectivity index (χ1) is 9.62. The van der Waals surface area contributed by atoms with Crippen molar-refractivity contribution in [2.45, 2.75) is 12.6 Å². The minimum atomic E-state index is -0.765. The minimum Gasteiger partial charge on any atom is -0.382 e. The second-order valence-corrected chi connectivity index (χ2v) is 5.66. The molecule has 0 aromatic heterocycles. The molecule has 0 aliphatic carbocycles. The van der Waals surface area contributed by atoms with Gasteiger partial charge in [-0.2, -0.15) is 0 Å². The summed E-state index contributed by atoms with van der Waals surface area (Å²) in [4.78, 5) is 9.40. The van der Waals surface area contributed by atoms with Gasteiger partial charge in [0.1, 0.15) is 5.84 Å². The van der Waals surface area contributed by atoms with Crippen molar-refractivity contribution in [1.29, 1.82) is 0 Å². The fraction of sp³-hybridized carbons (Fsp3) is 0.125. The summed E-state index contributed by atoms with van der Waals surface area (Å²) in [6.07, 6.45) is 0. The van der Waals surface area contributed by atoms with Crippen LogP contribution in [-0.4, -0.2) is 11.5 Å². The Morgan fingerprint density at radius 1 is 0.950 bits per heavy atom. The van der Waals surface area contributed by atoms with Gasteiger partial charge < -0.3 is 5.73 Å². The van der Waals surface area contributed by atoms with Crippen LogP contribution in [0.3, 0.4) is 0 Å². The largest absolute Gasteiger partial charge is 0.382 e. The molecular weight excluding hydrogens is 314 g/mol. The molecule has 0 saturated carbocycles. The van der Waals surface area contributed by atoms with Gasteiger partial charge in [0.15, 0.2) is 0 Å². The molecule has 2 N–H and O–H groups in total. The standard InChI is InChI=1S/C16H14BrN3/c1-11-15(18)20-16(19-11,12-6-3-2-4-7-12)13-8-5-9-14(17)10-13/h2-10H,1H3,(H2,18,20)/t16-/m0/s1. The van der Waals surface area contributed by atoms with Gasteiger partial charge in [0.25, 0.3) is 0 Å². The molecule has 0 radical (unpaired) electrons. The number of nitrogens with zero attached hydrogens (tertiary/aromatic N) is 2. The van der Waals surface area contributed by atoms with Crippen molar-refractivity contribution < 1.29 is 0 Å². The molecule has 0 fully saturated rings. The highest BCUT2D eigenvalue weighted by Gasteiger charge is 2.37. The summed E-state index contributed by atoms with van der Waals surface area (Å²) in [6, 6.07) is 18.0. The minimum absolute atomic E-state index is 0.494. The number of amidine groups is 1. The van der Waals surface area contributed by atoms with Crippen molar-refractivity contribution in [3.8, 4) is 0 Å². The third-order valence-electron chi connectivity index (χ3n) is 3.39. The predicted octanol–water partition coefficient (Wildman–Crippen LogP) is 3.48. The van der Waals surface area contributed by atoms with Crippen molar-refractivity contribution in [3.63, 3.8) is 0 Å². The van der Waals surface area contributed by atoms with E-state index in [2.05, 4.69) is 20.9 Å². The summed E-state index contributed by atoms with van der Waals surface area (Å²) in [5.41, 5.74) is 7.99. The summed E-state index contributed by atoms with van der Waals surface area (Å²) in [6.45, 7) is 1.89. The van der Waals surface area contributed by atoms with Crippen LogP contribution in [-0.2, 0) is 5.66 Å². The van der Waals surface area contributed by atoms with Crippen molar-refractivity contribution in [2.24, 2.45) is 15.7 Å². The first-order valence-corrected chi connectivity index (χ1v) is 7.15. The zero-order valence-electron chi connectivity index (χ0n) is 11.0. The maximum Gasteiger partial charge on any atom is 0.204 e. The van der Waals surface area contributed by atoms with Crippen molar-refractivity contribution in [2.75, 3.05) is 0 Å². The second-order valence-electron chi connectivity index (χ2n) is 4.74. The van der Waals surface area contributed by atoms with Crippen LogP contribution in [0.25, 0.3) is 0 Å². The van der Waals surface area contributed by atoms with E-state index >= 15 is 0 Å². The lowest BCUT2D eigenvalue weighted by Crippen LogP contribution is -2.22. The molecule has 0 amide bonds. The van der Waals surface area contributed by atoms with E-state index in [0.717, 1.165) is 21.3 Å². The molecule has 2 aromatic rings. The summed E-state index contributed by atoms with van der Waals surface area (Å²) in [5.74, 6) is 0.494. The summed E-state index contributed by atoms with van der Waals surface area (Å²) in [5, 5.41) is 0. The van der Waals surface area contributed by atoms with Gasteiger partial charge in [-0.1, -0.05) is 58.4 Å². The SMILES string of the molecule is CC1=N[C@](c2ccccc2)(c2cccc(Br)c2)N=C1N. The van der Waals surface area contributed by atoms with Gasteiger partial charge in [0, 0.05) is 15.6 Å². The van der Waals surface area contributed by atoms with E-state index in [1.54, 1.807) is 0 Å². The van der Waals surface area contributed by atoms with Gasteiger partial charge in [0.05, 0.1) is 5.71 Å². The highest BCUT2D eigenvalue weighted by Crippen LogP contribution is 2.39. The van der Waals surface area contributed by atoms with Crippen molar-refractivity contribution >= 4 is 27.5 Å². The highest BCUT2D eigenvalue weighted by molar-refractivity contribution is 9.10. The summed E-state index contributed by atoms with van der Waals surface area (Å²) in [7, 11) is 0. The van der Waals surface area contributed by atoms with Gasteiger partial charge in [0.2, 0.25) is 5.66 Å². The number of benzene rings is 2. The zero-order chi connectivity index (χ0) is 14.2. The van der Waals surface area contributed by atoms with Crippen molar-refractivity contribution in [1.82, 2.24) is 0 Å². The first-order valence-electron chi connectivity index (χ1n) is 6.35. The molecule has 0 saturated heterocycles. The summed E-state index contributed by atoms with van der Waals surface area (Å²) >= 11 is 3.51. The predicted molar refractivity (Wildman–Crippen MR) is 86.1 cm³/mol. The Bertz CT molecular complexity index is 687. The lowest BCUT2D eigenvalue weighted by molar-refractivity contribution is 0.587. The molecule has 100 valence electrons. The molecule has 2 aromatic carbocycles. The van der Waals surface area contributed by atoms with E-state index in [0.29, 0.717) is 5.84 Å². The zero-order valence-corrected chi connectivity index (χ0v) is 12.6. The molecule has 0 bridgehead atoms. The number of nitrogens with two attached hydrogens (primary N) is 1. The maximum atomic E-state index is 5.97. The Morgan fingerprint density at radius 2 is 1.65 bits per heavy atom. The van der Waals surface area contributed by atoms with Crippen LogP contribution in [0.15, 0.2) is 69.1 Å². The van der Waals surface area contributed by atoms with Crippen LogP contribution < -0.4 is 5.73 Å². The molecule has 3 rings (SSSR count). The molecule has 1 aliphatic heterocycles. The molecule has 0 spiro atoms. The molecule has 20 heavy (non-hydrogen) atoms. The molecule has 1 aliphatic rings. The fourth-order valence-corrected chi connectivity index (χ4v) is 2.78. The molecule has 1 atom stereocenters. The van der Waals surface area contributed by atoms with Gasteiger partial charge in [-0.3, -0.25) is 0 Å². The first kappa shape index (κ1) is 13.1. The third kappa shape index (κ3) is 2.06. The lowest BCUT2D eigenvalue weighted by Gasteiger charge is -2.24. The van der Waals surface area contributed by atoms with Gasteiger partial charge in [-0.15, -0.1) is 0 Å².